The quantitative estimate of drug-likeness (QED) is 0.683. The molecule has 0 aliphatic carbocycles. The van der Waals surface area contributed by atoms with Crippen LogP contribution in [-0.4, -0.2) is 33.0 Å². The molecule has 1 aromatic carbocycles. The van der Waals surface area contributed by atoms with Gasteiger partial charge in [-0.15, -0.1) is 0 Å². The Bertz CT molecular complexity index is 580. The molecule has 6 nitrogen and oxygen atoms in total. The summed E-state index contributed by atoms with van der Waals surface area (Å²) in [5, 5.41) is 20.5. The third-order valence-corrected chi connectivity index (χ3v) is 3.54. The highest BCUT2D eigenvalue weighted by Gasteiger charge is 2.31. The number of halogens is 1. The van der Waals surface area contributed by atoms with E-state index >= 15 is 0 Å². The average molecular weight is 299 g/mol. The maximum absolute atomic E-state index is 12.2. The first-order valence-corrected chi connectivity index (χ1v) is 6.55. The van der Waals surface area contributed by atoms with Crippen molar-refractivity contribution in [3.8, 4) is 0 Å². The monoisotopic (exact) mass is 298 g/mol. The van der Waals surface area contributed by atoms with Crippen LogP contribution in [0.5, 0.6) is 0 Å². The average Bonchev–Trinajstić information content (AvgIpc) is 2.62. The molecule has 1 aromatic rings. The van der Waals surface area contributed by atoms with Crippen molar-refractivity contribution in [3.05, 3.63) is 38.4 Å². The zero-order valence-corrected chi connectivity index (χ0v) is 12.0. The van der Waals surface area contributed by atoms with Crippen molar-refractivity contribution in [1.29, 1.82) is 0 Å². The summed E-state index contributed by atoms with van der Waals surface area (Å²) in [5.74, 6) is -0.207. The summed E-state index contributed by atoms with van der Waals surface area (Å²) in [6, 6.07) is 2.70. The van der Waals surface area contributed by atoms with E-state index in [1.807, 2.05) is 0 Å². The van der Waals surface area contributed by atoms with E-state index in [0.717, 1.165) is 0 Å². The first-order chi connectivity index (χ1) is 9.19. The van der Waals surface area contributed by atoms with Crippen molar-refractivity contribution in [2.75, 3.05) is 6.54 Å². The predicted octanol–water partition coefficient (Wildman–Crippen LogP) is 2.37. The Morgan fingerprint density at radius 3 is 2.70 bits per heavy atom. The molecule has 0 atom stereocenters. The summed E-state index contributed by atoms with van der Waals surface area (Å²) in [6.07, 6.45) is 0.433. The van der Waals surface area contributed by atoms with Crippen molar-refractivity contribution in [2.45, 2.75) is 32.4 Å². The Hall–Kier alpha value is -1.66. The van der Waals surface area contributed by atoms with Crippen LogP contribution in [0.25, 0.3) is 0 Å². The number of carbonyl (C=O) groups is 1. The highest BCUT2D eigenvalue weighted by molar-refractivity contribution is 6.33. The van der Waals surface area contributed by atoms with E-state index in [9.17, 15) is 20.0 Å². The fourth-order valence-electron chi connectivity index (χ4n) is 2.11. The van der Waals surface area contributed by atoms with Gasteiger partial charge in [0.05, 0.1) is 10.5 Å². The third-order valence-electron chi connectivity index (χ3n) is 3.24. The summed E-state index contributed by atoms with van der Waals surface area (Å²) in [7, 11) is 0. The molecule has 0 aromatic heterocycles. The van der Waals surface area contributed by atoms with Crippen molar-refractivity contribution in [2.24, 2.45) is 0 Å². The SMILES string of the molecule is CC(C)(O)CCN1Cc2cc([N+](=O)[O-])c(Cl)cc2C1=O. The third kappa shape index (κ3) is 2.91. The maximum Gasteiger partial charge on any atom is 0.288 e. The Kier molecular flexibility index (Phi) is 3.71. The summed E-state index contributed by atoms with van der Waals surface area (Å²) in [4.78, 5) is 24.0. The zero-order valence-electron chi connectivity index (χ0n) is 11.2. The fraction of sp³-hybridized carbons (Fsp3) is 0.462. The molecule has 1 N–H and O–H groups in total. The van der Waals surface area contributed by atoms with Gasteiger partial charge in [-0.05, 0) is 31.9 Å². The number of amides is 1. The molecule has 0 bridgehead atoms. The molecule has 0 unspecified atom stereocenters. The molecule has 0 saturated carbocycles. The Morgan fingerprint density at radius 2 is 2.15 bits per heavy atom. The minimum Gasteiger partial charge on any atom is -0.390 e. The molecule has 1 aliphatic heterocycles. The van der Waals surface area contributed by atoms with E-state index in [2.05, 4.69) is 0 Å². The van der Waals surface area contributed by atoms with E-state index in [0.29, 0.717) is 30.6 Å². The number of nitrogens with zero attached hydrogens (tertiary/aromatic N) is 2. The van der Waals surface area contributed by atoms with Crippen LogP contribution in [0.15, 0.2) is 12.1 Å². The Labute approximate surface area is 121 Å². The summed E-state index contributed by atoms with van der Waals surface area (Å²) < 4.78 is 0. The Morgan fingerprint density at radius 1 is 1.50 bits per heavy atom. The van der Waals surface area contributed by atoms with Crippen LogP contribution in [0.1, 0.15) is 36.2 Å². The van der Waals surface area contributed by atoms with E-state index < -0.39 is 10.5 Å². The Balaban J connectivity index is 2.23. The second kappa shape index (κ2) is 5.03. The summed E-state index contributed by atoms with van der Waals surface area (Å²) >= 11 is 5.81. The van der Waals surface area contributed by atoms with Crippen LogP contribution in [0, 0.1) is 10.1 Å². The number of carbonyl (C=O) groups excluding carboxylic acids is 1. The van der Waals surface area contributed by atoms with Crippen LogP contribution in [0.3, 0.4) is 0 Å². The van der Waals surface area contributed by atoms with Gasteiger partial charge in [0.1, 0.15) is 5.02 Å². The predicted molar refractivity (Wildman–Crippen MR) is 73.8 cm³/mol. The molecule has 0 saturated heterocycles. The van der Waals surface area contributed by atoms with Crippen molar-refractivity contribution in [3.63, 3.8) is 0 Å². The van der Waals surface area contributed by atoms with Crippen molar-refractivity contribution >= 4 is 23.2 Å². The molecule has 1 amide bonds. The van der Waals surface area contributed by atoms with Gasteiger partial charge >= 0.3 is 0 Å². The lowest BCUT2D eigenvalue weighted by molar-refractivity contribution is -0.384. The molecule has 108 valence electrons. The molecule has 1 heterocycles. The molecule has 0 spiro atoms. The maximum atomic E-state index is 12.2. The number of fused-ring (bicyclic) bond motifs is 1. The number of nitro benzene ring substituents is 1. The largest absolute Gasteiger partial charge is 0.390 e. The van der Waals surface area contributed by atoms with Gasteiger partial charge in [-0.1, -0.05) is 11.6 Å². The minimum absolute atomic E-state index is 0.0357. The second-order valence-corrected chi connectivity index (χ2v) is 5.91. The molecular weight excluding hydrogens is 284 g/mol. The van der Waals surface area contributed by atoms with Gasteiger partial charge in [-0.25, -0.2) is 0 Å². The van der Waals surface area contributed by atoms with E-state index in [-0.39, 0.29) is 16.6 Å². The summed E-state index contributed by atoms with van der Waals surface area (Å²) in [5.41, 5.74) is -0.0562. The summed E-state index contributed by atoms with van der Waals surface area (Å²) in [6.45, 7) is 4.04. The van der Waals surface area contributed by atoms with Gasteiger partial charge in [0.25, 0.3) is 11.6 Å². The van der Waals surface area contributed by atoms with Crippen LogP contribution in [0.4, 0.5) is 5.69 Å². The smallest absolute Gasteiger partial charge is 0.288 e. The second-order valence-electron chi connectivity index (χ2n) is 5.51. The normalized spacial score (nSPS) is 14.6. The number of hydrogen-bond donors (Lipinski definition) is 1. The lowest BCUT2D eigenvalue weighted by Gasteiger charge is -2.22. The molecule has 0 fully saturated rings. The lowest BCUT2D eigenvalue weighted by atomic mass is 10.1. The van der Waals surface area contributed by atoms with Gasteiger partial charge in [-0.3, -0.25) is 14.9 Å². The highest BCUT2D eigenvalue weighted by Crippen LogP contribution is 2.33. The van der Waals surface area contributed by atoms with Gasteiger partial charge in [-0.2, -0.15) is 0 Å². The van der Waals surface area contributed by atoms with Crippen LogP contribution < -0.4 is 0 Å². The fourth-order valence-corrected chi connectivity index (χ4v) is 2.34. The van der Waals surface area contributed by atoms with Crippen LogP contribution in [-0.2, 0) is 6.54 Å². The van der Waals surface area contributed by atoms with Gasteiger partial charge in [0, 0.05) is 24.7 Å². The van der Waals surface area contributed by atoms with Gasteiger partial charge < -0.3 is 10.0 Å². The molecule has 2 rings (SSSR count). The molecule has 1 aliphatic rings. The molecule has 0 radical (unpaired) electrons. The first-order valence-electron chi connectivity index (χ1n) is 6.17. The molecular formula is C13H15ClN2O4. The number of hydrogen-bond acceptors (Lipinski definition) is 4. The van der Waals surface area contributed by atoms with Crippen LogP contribution >= 0.6 is 11.6 Å². The van der Waals surface area contributed by atoms with Crippen molar-refractivity contribution in [1.82, 2.24) is 4.90 Å². The van der Waals surface area contributed by atoms with E-state index in [1.54, 1.807) is 18.7 Å². The van der Waals surface area contributed by atoms with Gasteiger partial charge in [0.15, 0.2) is 0 Å². The number of aliphatic hydroxyl groups is 1. The number of rotatable bonds is 4. The molecule has 20 heavy (non-hydrogen) atoms. The van der Waals surface area contributed by atoms with E-state index in [1.165, 1.54) is 12.1 Å². The molecule has 7 heteroatoms. The number of benzene rings is 1. The van der Waals surface area contributed by atoms with E-state index in [4.69, 9.17) is 11.6 Å². The lowest BCUT2D eigenvalue weighted by Crippen LogP contribution is -2.31. The van der Waals surface area contributed by atoms with Crippen LogP contribution in [0.2, 0.25) is 5.02 Å². The zero-order chi connectivity index (χ0) is 15.1. The standard InChI is InChI=1S/C13H15ClN2O4/c1-13(2,18)3-4-15-7-8-5-11(16(19)20)10(14)6-9(8)12(15)17/h5-6,18H,3-4,7H2,1-2H3. The van der Waals surface area contributed by atoms with Gasteiger partial charge in [0.2, 0.25) is 0 Å². The first kappa shape index (κ1) is 14.7. The van der Waals surface area contributed by atoms with Crippen molar-refractivity contribution < 1.29 is 14.8 Å². The minimum atomic E-state index is -0.862. The highest BCUT2D eigenvalue weighted by atomic mass is 35.5. The topological polar surface area (TPSA) is 83.7 Å². The number of nitro groups is 1.